The van der Waals surface area contributed by atoms with Gasteiger partial charge in [0.1, 0.15) is 0 Å². The van der Waals surface area contributed by atoms with E-state index in [1.54, 1.807) is 0 Å². The zero-order valence-electron chi connectivity index (χ0n) is 19.0. The van der Waals surface area contributed by atoms with Crippen LogP contribution in [0.25, 0.3) is 0 Å². The third kappa shape index (κ3) is 3.47. The molecule has 2 saturated heterocycles. The van der Waals surface area contributed by atoms with E-state index in [-0.39, 0.29) is 41.2 Å². The molecule has 0 amide bonds. The van der Waals surface area contributed by atoms with E-state index >= 15 is 0 Å². The van der Waals surface area contributed by atoms with Gasteiger partial charge >= 0.3 is 11.9 Å². The lowest BCUT2D eigenvalue weighted by atomic mass is 9.50. The van der Waals surface area contributed by atoms with E-state index < -0.39 is 17.4 Å². The summed E-state index contributed by atoms with van der Waals surface area (Å²) in [7, 11) is 4.15. The molecule has 0 aromatic carbocycles. The minimum Gasteiger partial charge on any atom is -0.481 e. The van der Waals surface area contributed by atoms with Crippen molar-refractivity contribution < 1.29 is 19.8 Å². The lowest BCUT2D eigenvalue weighted by Gasteiger charge is -2.59. The summed E-state index contributed by atoms with van der Waals surface area (Å²) in [4.78, 5) is 29.5. The Labute approximate surface area is 170 Å². The molecule has 6 heteroatoms. The van der Waals surface area contributed by atoms with Gasteiger partial charge in [-0.15, -0.1) is 0 Å². The molecule has 4 unspecified atom stereocenters. The van der Waals surface area contributed by atoms with E-state index in [0.717, 1.165) is 25.9 Å². The number of aliphatic carboxylic acids is 2. The van der Waals surface area contributed by atoms with Crippen molar-refractivity contribution in [1.29, 1.82) is 0 Å². The Balaban J connectivity index is 2.61. The standard InChI is InChI=1S/C22H40N2O4/c1-14-16(9-11-23(7)20(14,3)4)22(19(27)28,13-18(25)26)17-10-12-24(8)21(5,6)15(17)2/h14-17H,9-13H2,1-8H3,(H,25,26)(H,27,28). The van der Waals surface area contributed by atoms with Gasteiger partial charge in [-0.25, -0.2) is 0 Å². The van der Waals surface area contributed by atoms with E-state index in [2.05, 4.69) is 65.4 Å². The summed E-state index contributed by atoms with van der Waals surface area (Å²) in [6.07, 6.45) is 1.15. The van der Waals surface area contributed by atoms with Crippen LogP contribution in [0.4, 0.5) is 0 Å². The molecule has 0 aromatic rings. The number of hydrogen-bond donors (Lipinski definition) is 2. The molecule has 162 valence electrons. The maximum Gasteiger partial charge on any atom is 0.310 e. The lowest BCUT2D eigenvalue weighted by Crippen LogP contribution is -2.64. The lowest BCUT2D eigenvalue weighted by molar-refractivity contribution is -0.182. The zero-order chi connectivity index (χ0) is 21.7. The summed E-state index contributed by atoms with van der Waals surface area (Å²) in [5, 5.41) is 20.4. The van der Waals surface area contributed by atoms with Crippen molar-refractivity contribution in [2.24, 2.45) is 29.1 Å². The highest BCUT2D eigenvalue weighted by atomic mass is 16.4. The second kappa shape index (κ2) is 7.60. The maximum atomic E-state index is 12.9. The fraction of sp³-hybridized carbons (Fsp3) is 0.909. The monoisotopic (exact) mass is 396 g/mol. The van der Waals surface area contributed by atoms with Crippen molar-refractivity contribution in [1.82, 2.24) is 9.80 Å². The highest BCUT2D eigenvalue weighted by Gasteiger charge is 2.61. The second-order valence-corrected chi connectivity index (χ2v) is 10.4. The van der Waals surface area contributed by atoms with Gasteiger partial charge in [0.05, 0.1) is 11.8 Å². The SMILES string of the molecule is CC1C(C(CC(=O)O)(C(=O)O)C2CCN(C)C(C)(C)C2C)CCN(C)C1(C)C. The Hall–Kier alpha value is -1.14. The first-order valence-corrected chi connectivity index (χ1v) is 10.6. The molecule has 2 fully saturated rings. The average Bonchev–Trinajstić information content (AvgIpc) is 2.57. The number of likely N-dealkylation sites (tertiary alicyclic amines) is 2. The van der Waals surface area contributed by atoms with Gasteiger partial charge in [-0.3, -0.25) is 9.59 Å². The fourth-order valence-corrected chi connectivity index (χ4v) is 6.01. The van der Waals surface area contributed by atoms with E-state index in [1.807, 2.05) is 0 Å². The van der Waals surface area contributed by atoms with Crippen LogP contribution in [0, 0.1) is 29.1 Å². The molecule has 2 aliphatic rings. The molecule has 4 atom stereocenters. The largest absolute Gasteiger partial charge is 0.481 e. The third-order valence-electron chi connectivity index (χ3n) is 9.12. The third-order valence-corrected chi connectivity index (χ3v) is 9.12. The molecular weight excluding hydrogens is 356 g/mol. The van der Waals surface area contributed by atoms with Crippen molar-refractivity contribution >= 4 is 11.9 Å². The minimum atomic E-state index is -1.25. The van der Waals surface area contributed by atoms with Crippen LogP contribution in [0.2, 0.25) is 0 Å². The number of piperidine rings is 2. The van der Waals surface area contributed by atoms with Gasteiger partial charge in [-0.05, 0) is 91.4 Å². The molecule has 2 rings (SSSR count). The molecular formula is C22H40N2O4. The Morgan fingerprint density at radius 3 is 1.54 bits per heavy atom. The van der Waals surface area contributed by atoms with Crippen molar-refractivity contribution in [3.05, 3.63) is 0 Å². The molecule has 0 saturated carbocycles. The predicted octanol–water partition coefficient (Wildman–Crippen LogP) is 3.26. The van der Waals surface area contributed by atoms with Crippen molar-refractivity contribution in [3.8, 4) is 0 Å². The van der Waals surface area contributed by atoms with Crippen molar-refractivity contribution in [2.75, 3.05) is 27.2 Å². The van der Waals surface area contributed by atoms with Gasteiger partial charge in [-0.2, -0.15) is 0 Å². The van der Waals surface area contributed by atoms with Crippen LogP contribution in [0.3, 0.4) is 0 Å². The molecule has 6 nitrogen and oxygen atoms in total. The van der Waals surface area contributed by atoms with E-state index in [1.165, 1.54) is 0 Å². The number of carboxylic acid groups (broad SMARTS) is 2. The highest BCUT2D eigenvalue weighted by Crippen LogP contribution is 2.56. The summed E-state index contributed by atoms with van der Waals surface area (Å²) < 4.78 is 0. The topological polar surface area (TPSA) is 81.1 Å². The summed E-state index contributed by atoms with van der Waals surface area (Å²) >= 11 is 0. The average molecular weight is 397 g/mol. The van der Waals surface area contributed by atoms with Gasteiger partial charge in [0.15, 0.2) is 0 Å². The van der Waals surface area contributed by atoms with Crippen LogP contribution in [0.5, 0.6) is 0 Å². The van der Waals surface area contributed by atoms with Gasteiger partial charge in [-0.1, -0.05) is 13.8 Å². The van der Waals surface area contributed by atoms with Gasteiger partial charge in [0.2, 0.25) is 0 Å². The quantitative estimate of drug-likeness (QED) is 0.742. The van der Waals surface area contributed by atoms with Crippen LogP contribution < -0.4 is 0 Å². The fourth-order valence-electron chi connectivity index (χ4n) is 6.01. The van der Waals surface area contributed by atoms with Crippen LogP contribution in [0.15, 0.2) is 0 Å². The van der Waals surface area contributed by atoms with E-state index in [0.29, 0.717) is 0 Å². The number of carboxylic acids is 2. The summed E-state index contributed by atoms with van der Waals surface area (Å²) in [5.74, 6) is -2.11. The molecule has 0 aromatic heterocycles. The molecule has 2 N–H and O–H groups in total. The van der Waals surface area contributed by atoms with E-state index in [4.69, 9.17) is 0 Å². The molecule has 0 spiro atoms. The molecule has 0 bridgehead atoms. The first-order valence-electron chi connectivity index (χ1n) is 10.6. The number of hydrogen-bond acceptors (Lipinski definition) is 4. The van der Waals surface area contributed by atoms with Gasteiger partial charge < -0.3 is 20.0 Å². The Bertz CT molecular complexity index is 580. The van der Waals surface area contributed by atoms with Crippen LogP contribution in [0.1, 0.15) is 60.8 Å². The molecule has 28 heavy (non-hydrogen) atoms. The first kappa shape index (κ1) is 23.1. The van der Waals surface area contributed by atoms with Crippen LogP contribution in [-0.2, 0) is 9.59 Å². The number of nitrogens with zero attached hydrogens (tertiary/aromatic N) is 2. The van der Waals surface area contributed by atoms with Crippen LogP contribution in [-0.4, -0.2) is 70.2 Å². The molecule has 0 radical (unpaired) electrons. The maximum absolute atomic E-state index is 12.9. The number of carbonyl (C=O) groups is 2. The van der Waals surface area contributed by atoms with E-state index in [9.17, 15) is 19.8 Å². The zero-order valence-corrected chi connectivity index (χ0v) is 19.0. The van der Waals surface area contributed by atoms with Gasteiger partial charge in [0, 0.05) is 11.1 Å². The Kier molecular flexibility index (Phi) is 6.28. The van der Waals surface area contributed by atoms with Crippen molar-refractivity contribution in [2.45, 2.75) is 71.9 Å². The summed E-state index contributed by atoms with van der Waals surface area (Å²) in [6.45, 7) is 14.4. The molecule has 2 aliphatic heterocycles. The Morgan fingerprint density at radius 2 is 1.25 bits per heavy atom. The van der Waals surface area contributed by atoms with Crippen LogP contribution >= 0.6 is 0 Å². The summed E-state index contributed by atoms with van der Waals surface area (Å²) in [5.41, 5.74) is -1.60. The molecule has 0 aliphatic carbocycles. The second-order valence-electron chi connectivity index (χ2n) is 10.4. The normalized spacial score (nSPS) is 35.9. The smallest absolute Gasteiger partial charge is 0.310 e. The molecule has 2 heterocycles. The summed E-state index contributed by atoms with van der Waals surface area (Å²) in [6, 6.07) is 0. The first-order chi connectivity index (χ1) is 12.7. The number of rotatable bonds is 5. The minimum absolute atomic E-state index is 0.0802. The van der Waals surface area contributed by atoms with Gasteiger partial charge in [0.25, 0.3) is 0 Å². The highest BCUT2D eigenvalue weighted by molar-refractivity contribution is 5.82. The van der Waals surface area contributed by atoms with Crippen molar-refractivity contribution in [3.63, 3.8) is 0 Å². The Morgan fingerprint density at radius 1 is 0.893 bits per heavy atom. The predicted molar refractivity (Wildman–Crippen MR) is 110 cm³/mol.